The summed E-state index contributed by atoms with van der Waals surface area (Å²) in [5.41, 5.74) is 2.38. The maximum absolute atomic E-state index is 15.6. The van der Waals surface area contributed by atoms with Crippen LogP contribution in [0.5, 0.6) is 5.75 Å². The van der Waals surface area contributed by atoms with Crippen molar-refractivity contribution in [2.75, 3.05) is 26.2 Å². The Morgan fingerprint density at radius 3 is 2.52 bits per heavy atom. The summed E-state index contributed by atoms with van der Waals surface area (Å²) in [6.45, 7) is 11.1. The monoisotopic (exact) mass is 635 g/mol. The summed E-state index contributed by atoms with van der Waals surface area (Å²) >= 11 is 0. The van der Waals surface area contributed by atoms with Gasteiger partial charge in [-0.25, -0.2) is 18.7 Å². The number of hydrogen-bond donors (Lipinski definition) is 2. The molecule has 2 aliphatic heterocycles. The van der Waals surface area contributed by atoms with Gasteiger partial charge in [0.05, 0.1) is 17.9 Å². The van der Waals surface area contributed by atoms with Crippen molar-refractivity contribution in [2.45, 2.75) is 84.8 Å². The number of carboxylic acids is 1. The second-order valence-corrected chi connectivity index (χ2v) is 13.8. The van der Waals surface area contributed by atoms with E-state index in [1.54, 1.807) is 33.8 Å². The molecule has 4 heterocycles. The molecule has 3 aromatic rings. The molecule has 2 fully saturated rings. The average Bonchev–Trinajstić information content (AvgIpc) is 3.78. The zero-order valence-corrected chi connectivity index (χ0v) is 27.1. The van der Waals surface area contributed by atoms with Crippen LogP contribution in [0.2, 0.25) is 0 Å². The molecule has 12 heteroatoms. The number of carbonyl (C=O) groups is 3. The number of nitrogens with one attached hydrogen (secondary N) is 1. The lowest BCUT2D eigenvalue weighted by Gasteiger charge is -2.32. The molecule has 2 N–H and O–H groups in total. The lowest BCUT2D eigenvalue weighted by atomic mass is 9.91. The van der Waals surface area contributed by atoms with Gasteiger partial charge in [-0.15, -0.1) is 0 Å². The molecular weight excluding hydrogens is 593 g/mol. The number of nitrogens with zero attached hydrogens (tertiary/aromatic N) is 4. The molecule has 1 aliphatic carbocycles. The molecular formula is C34H42FN5O6. The van der Waals surface area contributed by atoms with Gasteiger partial charge in [-0.2, -0.15) is 5.10 Å². The normalized spacial score (nSPS) is 17.8. The van der Waals surface area contributed by atoms with Crippen LogP contribution < -0.4 is 10.1 Å². The van der Waals surface area contributed by atoms with Gasteiger partial charge in [0, 0.05) is 54.0 Å². The molecule has 1 atom stereocenters. The largest absolute Gasteiger partial charge is 0.490 e. The number of fused-ring (bicyclic) bond motifs is 2. The molecule has 1 aromatic carbocycles. The number of aromatic nitrogens is 3. The first kappa shape index (κ1) is 31.9. The third kappa shape index (κ3) is 6.31. The zero-order valence-electron chi connectivity index (χ0n) is 27.1. The molecule has 46 heavy (non-hydrogen) atoms. The number of likely N-dealkylation sites (tertiary alicyclic amines) is 1. The van der Waals surface area contributed by atoms with E-state index in [2.05, 4.69) is 15.4 Å². The van der Waals surface area contributed by atoms with Crippen molar-refractivity contribution in [3.05, 3.63) is 46.0 Å². The number of halogens is 1. The fourth-order valence-electron chi connectivity index (χ4n) is 6.58. The quantitative estimate of drug-likeness (QED) is 0.361. The summed E-state index contributed by atoms with van der Waals surface area (Å²) in [6.07, 6.45) is 3.49. The van der Waals surface area contributed by atoms with Crippen LogP contribution in [0.1, 0.15) is 91.9 Å². The van der Waals surface area contributed by atoms with Crippen molar-refractivity contribution in [2.24, 2.45) is 11.8 Å². The van der Waals surface area contributed by atoms with Gasteiger partial charge >= 0.3 is 5.97 Å². The Morgan fingerprint density at radius 1 is 1.15 bits per heavy atom. The molecule has 0 radical (unpaired) electrons. The number of ether oxygens (including phenoxy) is 2. The number of amides is 2. The first-order valence-corrected chi connectivity index (χ1v) is 16.2. The number of aryl methyl sites for hydroxylation is 1. The first-order chi connectivity index (χ1) is 21.8. The van der Waals surface area contributed by atoms with Crippen molar-refractivity contribution in [3.63, 3.8) is 0 Å². The highest BCUT2D eigenvalue weighted by atomic mass is 19.1. The fraction of sp³-hybridized carbons (Fsp3) is 0.559. The Hall–Kier alpha value is -4.06. The number of carbonyl (C=O) groups excluding carboxylic acids is 2. The molecule has 2 amide bonds. The van der Waals surface area contributed by atoms with E-state index in [9.17, 15) is 19.5 Å². The maximum Gasteiger partial charge on any atom is 0.337 e. The Morgan fingerprint density at radius 2 is 1.87 bits per heavy atom. The lowest BCUT2D eigenvalue weighted by Crippen LogP contribution is -2.42. The van der Waals surface area contributed by atoms with E-state index in [4.69, 9.17) is 9.47 Å². The summed E-state index contributed by atoms with van der Waals surface area (Å²) in [6, 6.07) is 2.90. The van der Waals surface area contributed by atoms with Crippen LogP contribution >= 0.6 is 0 Å². The second kappa shape index (κ2) is 12.3. The summed E-state index contributed by atoms with van der Waals surface area (Å²) in [5, 5.41) is 18.0. The Labute approximate surface area is 267 Å². The van der Waals surface area contributed by atoms with E-state index < -0.39 is 29.4 Å². The molecule has 0 bridgehead atoms. The van der Waals surface area contributed by atoms with E-state index in [-0.39, 0.29) is 34.7 Å². The van der Waals surface area contributed by atoms with E-state index in [1.165, 1.54) is 10.6 Å². The first-order valence-electron chi connectivity index (χ1n) is 16.2. The highest BCUT2D eigenvalue weighted by Gasteiger charge is 2.36. The van der Waals surface area contributed by atoms with Crippen LogP contribution in [0.15, 0.2) is 12.1 Å². The molecule has 3 aliphatic rings. The minimum Gasteiger partial charge on any atom is -0.490 e. The topological polar surface area (TPSA) is 135 Å². The Balaban J connectivity index is 1.36. The number of carboxylic acid groups (broad SMARTS) is 1. The van der Waals surface area contributed by atoms with Crippen LogP contribution in [-0.2, 0) is 20.7 Å². The van der Waals surface area contributed by atoms with Crippen LogP contribution in [0, 0.1) is 31.5 Å². The zero-order chi connectivity index (χ0) is 32.9. The molecule has 2 aromatic heterocycles. The van der Waals surface area contributed by atoms with Crippen LogP contribution in [-0.4, -0.2) is 74.2 Å². The minimum atomic E-state index is -1.44. The third-order valence-electron chi connectivity index (χ3n) is 9.12. The number of benzene rings is 1. The van der Waals surface area contributed by atoms with E-state index in [0.717, 1.165) is 37.7 Å². The van der Waals surface area contributed by atoms with Gasteiger partial charge in [0.2, 0.25) is 5.91 Å². The van der Waals surface area contributed by atoms with E-state index >= 15 is 4.39 Å². The van der Waals surface area contributed by atoms with Gasteiger partial charge in [-0.05, 0) is 90.7 Å². The van der Waals surface area contributed by atoms with Crippen LogP contribution in [0.25, 0.3) is 16.9 Å². The predicted molar refractivity (Wildman–Crippen MR) is 167 cm³/mol. The standard InChI is InChI=1S/C34H42FN5O6/c1-18-22-7-6-14-45-29(22)24(35)15-23(18)28-27(30(33(43)44)46-34(3,4)5)19(2)37-26-16-25(38-40(26)28)31(41)36-17-20-10-12-39(13-11-20)32(42)21-8-9-21/h15-16,20-21,30H,6-14,17H2,1-5H3,(H,36,41)(H,43,44). The lowest BCUT2D eigenvalue weighted by molar-refractivity contribution is -0.160. The Kier molecular flexibility index (Phi) is 8.51. The molecule has 246 valence electrons. The predicted octanol–water partition coefficient (Wildman–Crippen LogP) is 4.80. The van der Waals surface area contributed by atoms with Gasteiger partial charge < -0.3 is 24.8 Å². The van der Waals surface area contributed by atoms with Crippen molar-refractivity contribution in [1.82, 2.24) is 24.8 Å². The molecule has 1 unspecified atom stereocenters. The summed E-state index contributed by atoms with van der Waals surface area (Å²) in [4.78, 5) is 45.1. The minimum absolute atomic E-state index is 0.106. The molecule has 11 nitrogen and oxygen atoms in total. The number of hydrogen-bond acceptors (Lipinski definition) is 7. The van der Waals surface area contributed by atoms with Crippen LogP contribution in [0.3, 0.4) is 0 Å². The summed E-state index contributed by atoms with van der Waals surface area (Å²) in [7, 11) is 0. The molecule has 1 saturated heterocycles. The number of rotatable bonds is 8. The maximum atomic E-state index is 15.6. The number of piperidine rings is 1. The number of aliphatic carboxylic acids is 1. The van der Waals surface area contributed by atoms with Crippen molar-refractivity contribution < 1.29 is 33.4 Å². The van der Waals surface area contributed by atoms with Gasteiger partial charge in [0.25, 0.3) is 5.91 Å². The van der Waals surface area contributed by atoms with E-state index in [1.807, 2.05) is 11.8 Å². The summed E-state index contributed by atoms with van der Waals surface area (Å²) < 4.78 is 28.7. The second-order valence-electron chi connectivity index (χ2n) is 13.8. The molecule has 1 saturated carbocycles. The Bertz CT molecular complexity index is 1700. The van der Waals surface area contributed by atoms with Crippen molar-refractivity contribution >= 4 is 23.4 Å². The summed E-state index contributed by atoms with van der Waals surface area (Å²) in [5.74, 6) is -1.27. The van der Waals surface area contributed by atoms with E-state index in [0.29, 0.717) is 60.8 Å². The smallest absolute Gasteiger partial charge is 0.337 e. The third-order valence-corrected chi connectivity index (χ3v) is 9.12. The van der Waals surface area contributed by atoms with Crippen molar-refractivity contribution in [1.29, 1.82) is 0 Å². The highest BCUT2D eigenvalue weighted by Crippen LogP contribution is 2.41. The average molecular weight is 636 g/mol. The van der Waals surface area contributed by atoms with Crippen LogP contribution in [0.4, 0.5) is 4.39 Å². The van der Waals surface area contributed by atoms with Gasteiger partial charge in [0.15, 0.2) is 29.0 Å². The van der Waals surface area contributed by atoms with Crippen molar-refractivity contribution in [3.8, 4) is 17.0 Å². The highest BCUT2D eigenvalue weighted by molar-refractivity contribution is 5.93. The van der Waals surface area contributed by atoms with Gasteiger partial charge in [-0.3, -0.25) is 9.59 Å². The molecule has 6 rings (SSSR count). The SMILES string of the molecule is Cc1nc2cc(C(=O)NCC3CCN(C(=O)C4CC4)CC3)nn2c(-c2cc(F)c3c(c2C)CCCO3)c1C(OC(C)(C)C)C(=O)O. The fourth-order valence-corrected chi connectivity index (χ4v) is 6.58. The van der Waals surface area contributed by atoms with Gasteiger partial charge in [-0.1, -0.05) is 0 Å². The molecule has 0 spiro atoms. The van der Waals surface area contributed by atoms with Gasteiger partial charge in [0.1, 0.15) is 0 Å².